The Kier molecular flexibility index (Phi) is 5.17. The summed E-state index contributed by atoms with van der Waals surface area (Å²) in [4.78, 5) is 4.92. The predicted octanol–water partition coefficient (Wildman–Crippen LogP) is 1.84. The quantitative estimate of drug-likeness (QED) is 0.791. The molecule has 0 saturated carbocycles. The van der Waals surface area contributed by atoms with E-state index in [-0.39, 0.29) is 0 Å². The van der Waals surface area contributed by atoms with Gasteiger partial charge < -0.3 is 4.74 Å². The second kappa shape index (κ2) is 6.88. The summed E-state index contributed by atoms with van der Waals surface area (Å²) in [5.74, 6) is 0. The molecule has 1 unspecified atom stereocenters. The lowest BCUT2D eigenvalue weighted by molar-refractivity contribution is 0.0262. The van der Waals surface area contributed by atoms with Crippen LogP contribution in [0.15, 0.2) is 30.3 Å². The number of hydrogen-bond donors (Lipinski definition) is 0. The third kappa shape index (κ3) is 4.09. The number of ether oxygens (including phenoxy) is 1. The van der Waals surface area contributed by atoms with Crippen molar-refractivity contribution >= 4 is 0 Å². The minimum Gasteiger partial charge on any atom is -0.379 e. The zero-order valence-electron chi connectivity index (χ0n) is 11.5. The van der Waals surface area contributed by atoms with Crippen molar-refractivity contribution in [3.05, 3.63) is 35.9 Å². The van der Waals surface area contributed by atoms with Crippen LogP contribution < -0.4 is 0 Å². The standard InChI is InChI=1S/C15H24N2O/c1-14(12-17-8-10-18-11-9-17)16(2)13-15-6-4-3-5-7-15/h3-7,14H,8-13H2,1-2H3. The molecule has 2 rings (SSSR count). The van der Waals surface area contributed by atoms with Crippen molar-refractivity contribution in [2.45, 2.75) is 19.5 Å². The smallest absolute Gasteiger partial charge is 0.0594 e. The van der Waals surface area contributed by atoms with Crippen LogP contribution in [0.2, 0.25) is 0 Å². The third-order valence-corrected chi connectivity index (χ3v) is 3.65. The van der Waals surface area contributed by atoms with E-state index in [0.717, 1.165) is 39.4 Å². The highest BCUT2D eigenvalue weighted by Gasteiger charge is 2.16. The molecule has 0 N–H and O–H groups in total. The van der Waals surface area contributed by atoms with Crippen LogP contribution in [-0.2, 0) is 11.3 Å². The van der Waals surface area contributed by atoms with Crippen molar-refractivity contribution in [2.24, 2.45) is 0 Å². The van der Waals surface area contributed by atoms with E-state index in [1.807, 2.05) is 0 Å². The Balaban J connectivity index is 1.79. The van der Waals surface area contributed by atoms with E-state index in [9.17, 15) is 0 Å². The molecule has 1 fully saturated rings. The lowest BCUT2D eigenvalue weighted by Gasteiger charge is -2.33. The van der Waals surface area contributed by atoms with Crippen LogP contribution in [0.3, 0.4) is 0 Å². The molecule has 0 spiro atoms. The number of nitrogens with zero attached hydrogens (tertiary/aromatic N) is 2. The number of benzene rings is 1. The van der Waals surface area contributed by atoms with E-state index < -0.39 is 0 Å². The van der Waals surface area contributed by atoms with E-state index in [2.05, 4.69) is 54.1 Å². The maximum Gasteiger partial charge on any atom is 0.0594 e. The Bertz CT molecular complexity index is 336. The number of rotatable bonds is 5. The highest BCUT2D eigenvalue weighted by Crippen LogP contribution is 2.08. The molecule has 3 nitrogen and oxygen atoms in total. The Labute approximate surface area is 110 Å². The molecule has 0 radical (unpaired) electrons. The van der Waals surface area contributed by atoms with Gasteiger partial charge in [0.15, 0.2) is 0 Å². The van der Waals surface area contributed by atoms with Crippen molar-refractivity contribution in [2.75, 3.05) is 39.9 Å². The number of hydrogen-bond acceptors (Lipinski definition) is 3. The summed E-state index contributed by atoms with van der Waals surface area (Å²) in [7, 11) is 2.21. The van der Waals surface area contributed by atoms with Gasteiger partial charge in [-0.05, 0) is 19.5 Å². The lowest BCUT2D eigenvalue weighted by atomic mass is 10.2. The van der Waals surface area contributed by atoms with Gasteiger partial charge in [-0.1, -0.05) is 30.3 Å². The summed E-state index contributed by atoms with van der Waals surface area (Å²) < 4.78 is 5.38. The molecule has 0 bridgehead atoms. The molecule has 3 heteroatoms. The average molecular weight is 248 g/mol. The Morgan fingerprint density at radius 3 is 2.56 bits per heavy atom. The predicted molar refractivity (Wildman–Crippen MR) is 74.6 cm³/mol. The molecular weight excluding hydrogens is 224 g/mol. The molecule has 1 aliphatic rings. The van der Waals surface area contributed by atoms with Gasteiger partial charge in [-0.2, -0.15) is 0 Å². The molecule has 0 aliphatic carbocycles. The van der Waals surface area contributed by atoms with Crippen LogP contribution in [0.1, 0.15) is 12.5 Å². The van der Waals surface area contributed by atoms with Crippen molar-refractivity contribution in [3.8, 4) is 0 Å². The van der Waals surface area contributed by atoms with Gasteiger partial charge in [0.1, 0.15) is 0 Å². The van der Waals surface area contributed by atoms with E-state index in [0.29, 0.717) is 6.04 Å². The first-order valence-corrected chi connectivity index (χ1v) is 6.80. The maximum absolute atomic E-state index is 5.38. The van der Waals surface area contributed by atoms with E-state index in [1.54, 1.807) is 0 Å². The van der Waals surface area contributed by atoms with Crippen LogP contribution in [-0.4, -0.2) is 55.7 Å². The first-order valence-electron chi connectivity index (χ1n) is 6.80. The minimum absolute atomic E-state index is 0.573. The highest BCUT2D eigenvalue weighted by molar-refractivity contribution is 5.14. The van der Waals surface area contributed by atoms with Gasteiger partial charge in [0.25, 0.3) is 0 Å². The van der Waals surface area contributed by atoms with Crippen molar-refractivity contribution in [3.63, 3.8) is 0 Å². The minimum atomic E-state index is 0.573. The molecule has 18 heavy (non-hydrogen) atoms. The Morgan fingerprint density at radius 2 is 1.89 bits per heavy atom. The van der Waals surface area contributed by atoms with Gasteiger partial charge in [0.05, 0.1) is 13.2 Å². The molecule has 100 valence electrons. The maximum atomic E-state index is 5.38. The summed E-state index contributed by atoms with van der Waals surface area (Å²) in [5.41, 5.74) is 1.38. The molecule has 1 aromatic carbocycles. The second-order valence-electron chi connectivity index (χ2n) is 5.16. The van der Waals surface area contributed by atoms with Crippen LogP contribution in [0.4, 0.5) is 0 Å². The van der Waals surface area contributed by atoms with E-state index in [4.69, 9.17) is 4.74 Å². The summed E-state index contributed by atoms with van der Waals surface area (Å²) in [6.45, 7) is 8.37. The largest absolute Gasteiger partial charge is 0.379 e. The number of morpholine rings is 1. The van der Waals surface area contributed by atoms with E-state index in [1.165, 1.54) is 5.56 Å². The SMILES string of the molecule is CC(CN1CCOCC1)N(C)Cc1ccccc1. The first kappa shape index (κ1) is 13.5. The van der Waals surface area contributed by atoms with Gasteiger partial charge in [0.2, 0.25) is 0 Å². The third-order valence-electron chi connectivity index (χ3n) is 3.65. The monoisotopic (exact) mass is 248 g/mol. The molecule has 1 atom stereocenters. The van der Waals surface area contributed by atoms with Crippen LogP contribution in [0.25, 0.3) is 0 Å². The van der Waals surface area contributed by atoms with Crippen LogP contribution in [0.5, 0.6) is 0 Å². The molecule has 1 aromatic rings. The normalized spacial score (nSPS) is 19.1. The first-order chi connectivity index (χ1) is 8.75. The van der Waals surface area contributed by atoms with E-state index >= 15 is 0 Å². The van der Waals surface area contributed by atoms with Crippen molar-refractivity contribution < 1.29 is 4.74 Å². The van der Waals surface area contributed by atoms with Gasteiger partial charge in [-0.15, -0.1) is 0 Å². The molecule has 1 saturated heterocycles. The fourth-order valence-electron chi connectivity index (χ4n) is 2.32. The fraction of sp³-hybridized carbons (Fsp3) is 0.600. The highest BCUT2D eigenvalue weighted by atomic mass is 16.5. The Hall–Kier alpha value is -0.900. The summed E-state index contributed by atoms with van der Waals surface area (Å²) >= 11 is 0. The van der Waals surface area contributed by atoms with Crippen LogP contribution in [0, 0.1) is 0 Å². The Morgan fingerprint density at radius 1 is 1.22 bits per heavy atom. The van der Waals surface area contributed by atoms with Gasteiger partial charge in [0, 0.05) is 32.2 Å². The molecule has 0 aromatic heterocycles. The summed E-state index contributed by atoms with van der Waals surface area (Å²) in [6, 6.07) is 11.2. The molecule has 1 aliphatic heterocycles. The number of likely N-dealkylation sites (N-methyl/N-ethyl adjacent to an activating group) is 1. The van der Waals surface area contributed by atoms with Crippen molar-refractivity contribution in [1.82, 2.24) is 9.80 Å². The summed E-state index contributed by atoms with van der Waals surface area (Å²) in [5, 5.41) is 0. The van der Waals surface area contributed by atoms with Crippen molar-refractivity contribution in [1.29, 1.82) is 0 Å². The average Bonchev–Trinajstić information content (AvgIpc) is 2.41. The molecule has 1 heterocycles. The summed E-state index contributed by atoms with van der Waals surface area (Å²) in [6.07, 6.45) is 0. The zero-order chi connectivity index (χ0) is 12.8. The van der Waals surface area contributed by atoms with Gasteiger partial charge >= 0.3 is 0 Å². The molecule has 0 amide bonds. The fourth-order valence-corrected chi connectivity index (χ4v) is 2.32. The second-order valence-corrected chi connectivity index (χ2v) is 5.16. The van der Waals surface area contributed by atoms with Gasteiger partial charge in [-0.3, -0.25) is 9.80 Å². The van der Waals surface area contributed by atoms with Crippen LogP contribution >= 0.6 is 0 Å². The van der Waals surface area contributed by atoms with Gasteiger partial charge in [-0.25, -0.2) is 0 Å². The zero-order valence-corrected chi connectivity index (χ0v) is 11.5. The molecular formula is C15H24N2O. The topological polar surface area (TPSA) is 15.7 Å². The lowest BCUT2D eigenvalue weighted by Crippen LogP contribution is -2.44.